The van der Waals surface area contributed by atoms with Gasteiger partial charge >= 0.3 is 0 Å². The number of halogens is 1. The van der Waals surface area contributed by atoms with Crippen LogP contribution >= 0.6 is 22.2 Å². The minimum absolute atomic E-state index is 0.218. The molecule has 1 aromatic heterocycles. The van der Waals surface area contributed by atoms with Crippen LogP contribution in [0.2, 0.25) is 0 Å². The second kappa shape index (κ2) is 5.51. The SMILES string of the molecule is Cc1ccc(C)c(C(Cl)S(O)(O)c2ccccn2)c1. The van der Waals surface area contributed by atoms with E-state index in [-0.39, 0.29) is 5.03 Å². The Morgan fingerprint density at radius 2 is 1.89 bits per heavy atom. The van der Waals surface area contributed by atoms with E-state index in [4.69, 9.17) is 11.6 Å². The molecule has 0 aliphatic heterocycles. The molecular formula is C14H16ClNO2S. The summed E-state index contributed by atoms with van der Waals surface area (Å²) in [6.45, 7) is 3.84. The lowest BCUT2D eigenvalue weighted by atomic mass is 10.1. The molecule has 2 aromatic rings. The van der Waals surface area contributed by atoms with E-state index < -0.39 is 15.3 Å². The lowest BCUT2D eigenvalue weighted by molar-refractivity contribution is 0.479. The van der Waals surface area contributed by atoms with Gasteiger partial charge < -0.3 is 0 Å². The Labute approximate surface area is 119 Å². The first-order valence-corrected chi connectivity index (χ1v) is 7.87. The third kappa shape index (κ3) is 2.92. The molecule has 0 spiro atoms. The summed E-state index contributed by atoms with van der Waals surface area (Å²) in [5.74, 6) is 0. The van der Waals surface area contributed by atoms with Gasteiger partial charge in [0.25, 0.3) is 0 Å². The Hall–Kier alpha value is -1.07. The number of alkyl halides is 1. The minimum atomic E-state index is -3.18. The molecular weight excluding hydrogens is 282 g/mol. The molecule has 19 heavy (non-hydrogen) atoms. The summed E-state index contributed by atoms with van der Waals surface area (Å²) in [5.41, 5.74) is 2.69. The molecule has 3 nitrogen and oxygen atoms in total. The maximum atomic E-state index is 10.4. The molecule has 0 amide bonds. The van der Waals surface area contributed by atoms with Crippen molar-refractivity contribution >= 4 is 22.2 Å². The van der Waals surface area contributed by atoms with Crippen LogP contribution in [-0.2, 0) is 0 Å². The van der Waals surface area contributed by atoms with Crippen LogP contribution in [0.1, 0.15) is 21.4 Å². The Bertz CT molecular complexity index is 575. The van der Waals surface area contributed by atoms with Crippen LogP contribution in [-0.4, -0.2) is 14.1 Å². The Morgan fingerprint density at radius 3 is 2.53 bits per heavy atom. The van der Waals surface area contributed by atoms with Crippen molar-refractivity contribution in [2.24, 2.45) is 0 Å². The van der Waals surface area contributed by atoms with E-state index in [2.05, 4.69) is 4.98 Å². The lowest BCUT2D eigenvalue weighted by Crippen LogP contribution is -2.08. The predicted octanol–water partition coefficient (Wildman–Crippen LogP) is 4.75. The fraction of sp³-hybridized carbons (Fsp3) is 0.214. The second-order valence-electron chi connectivity index (χ2n) is 4.44. The molecule has 0 radical (unpaired) electrons. The standard InChI is InChI=1S/C14H16ClNO2S/c1-10-6-7-11(2)12(9-10)14(15)19(17,18)13-5-3-4-8-16-13/h3-9,14,17-18H,1-2H3. The van der Waals surface area contributed by atoms with E-state index in [0.29, 0.717) is 0 Å². The molecule has 2 rings (SSSR count). The van der Waals surface area contributed by atoms with Crippen molar-refractivity contribution in [1.29, 1.82) is 0 Å². The molecule has 0 saturated carbocycles. The fourth-order valence-corrected chi connectivity index (χ4v) is 3.64. The van der Waals surface area contributed by atoms with Gasteiger partial charge in [-0.05, 0) is 37.1 Å². The summed E-state index contributed by atoms with van der Waals surface area (Å²) in [5, 5.41) is 0.218. The van der Waals surface area contributed by atoms with E-state index >= 15 is 0 Å². The number of pyridine rings is 1. The molecule has 0 bridgehead atoms. The summed E-state index contributed by atoms with van der Waals surface area (Å²) in [6.07, 6.45) is 1.52. The van der Waals surface area contributed by atoms with Gasteiger partial charge in [0.2, 0.25) is 0 Å². The third-order valence-corrected chi connectivity index (χ3v) is 5.58. The number of hydrogen-bond donors (Lipinski definition) is 2. The van der Waals surface area contributed by atoms with E-state index in [1.54, 1.807) is 18.2 Å². The smallest absolute Gasteiger partial charge is 0.154 e. The number of aromatic nitrogens is 1. The molecule has 5 heteroatoms. The average molecular weight is 298 g/mol. The number of aryl methyl sites for hydroxylation is 2. The average Bonchev–Trinajstić information content (AvgIpc) is 2.41. The van der Waals surface area contributed by atoms with Crippen molar-refractivity contribution in [2.75, 3.05) is 0 Å². The summed E-state index contributed by atoms with van der Waals surface area (Å²) >= 11 is 6.31. The first-order chi connectivity index (χ1) is 8.93. The van der Waals surface area contributed by atoms with Crippen molar-refractivity contribution in [1.82, 2.24) is 4.98 Å². The molecule has 0 saturated heterocycles. The normalized spacial score (nSPS) is 14.2. The van der Waals surface area contributed by atoms with Gasteiger partial charge in [0.1, 0.15) is 5.03 Å². The van der Waals surface area contributed by atoms with E-state index in [9.17, 15) is 9.11 Å². The Morgan fingerprint density at radius 1 is 1.16 bits per heavy atom. The maximum absolute atomic E-state index is 10.4. The van der Waals surface area contributed by atoms with Gasteiger partial charge in [-0.1, -0.05) is 41.4 Å². The molecule has 0 aliphatic carbocycles. The van der Waals surface area contributed by atoms with Gasteiger partial charge in [-0.2, -0.15) is 0 Å². The first kappa shape index (κ1) is 14.3. The molecule has 0 aliphatic rings. The quantitative estimate of drug-likeness (QED) is 0.804. The highest BCUT2D eigenvalue weighted by Gasteiger charge is 2.29. The van der Waals surface area contributed by atoms with Gasteiger partial charge in [-0.15, -0.1) is 10.6 Å². The maximum Gasteiger partial charge on any atom is 0.154 e. The molecule has 1 heterocycles. The Kier molecular flexibility index (Phi) is 4.16. The van der Waals surface area contributed by atoms with Gasteiger partial charge in [-0.25, -0.2) is 4.98 Å². The number of hydrogen-bond acceptors (Lipinski definition) is 3. The summed E-state index contributed by atoms with van der Waals surface area (Å²) in [7, 11) is -3.18. The van der Waals surface area contributed by atoms with Crippen molar-refractivity contribution < 1.29 is 9.11 Å². The van der Waals surface area contributed by atoms with Gasteiger partial charge in [-0.3, -0.25) is 9.11 Å². The van der Waals surface area contributed by atoms with E-state index in [1.165, 1.54) is 6.20 Å². The number of rotatable bonds is 3. The first-order valence-electron chi connectivity index (χ1n) is 5.82. The van der Waals surface area contributed by atoms with Crippen LogP contribution in [0, 0.1) is 13.8 Å². The summed E-state index contributed by atoms with van der Waals surface area (Å²) in [6, 6.07) is 10.8. The summed E-state index contributed by atoms with van der Waals surface area (Å²) in [4.78, 5) is 4.00. The monoisotopic (exact) mass is 297 g/mol. The highest BCUT2D eigenvalue weighted by Crippen LogP contribution is 2.61. The minimum Gasteiger partial charge on any atom is -0.292 e. The van der Waals surface area contributed by atoms with Crippen molar-refractivity contribution in [2.45, 2.75) is 23.6 Å². The van der Waals surface area contributed by atoms with E-state index in [1.807, 2.05) is 32.0 Å². The zero-order valence-corrected chi connectivity index (χ0v) is 12.3. The molecule has 2 N–H and O–H groups in total. The van der Waals surface area contributed by atoms with Crippen LogP contribution in [0.4, 0.5) is 0 Å². The summed E-state index contributed by atoms with van der Waals surface area (Å²) < 4.78 is 19.8. The number of benzene rings is 1. The second-order valence-corrected chi connectivity index (χ2v) is 7.21. The molecule has 102 valence electrons. The van der Waals surface area contributed by atoms with Crippen LogP contribution in [0.25, 0.3) is 0 Å². The molecule has 0 fully saturated rings. The van der Waals surface area contributed by atoms with Crippen molar-refractivity contribution in [3.8, 4) is 0 Å². The zero-order valence-electron chi connectivity index (χ0n) is 10.7. The lowest BCUT2D eigenvalue weighted by Gasteiger charge is -2.36. The van der Waals surface area contributed by atoms with Crippen LogP contribution in [0.5, 0.6) is 0 Å². The highest BCUT2D eigenvalue weighted by molar-refractivity contribution is 8.25. The van der Waals surface area contributed by atoms with Crippen molar-refractivity contribution in [3.05, 3.63) is 59.3 Å². The van der Waals surface area contributed by atoms with Crippen LogP contribution in [0.15, 0.2) is 47.6 Å². The molecule has 1 unspecified atom stereocenters. The molecule has 1 atom stereocenters. The third-order valence-electron chi connectivity index (χ3n) is 2.91. The van der Waals surface area contributed by atoms with Crippen LogP contribution in [0.3, 0.4) is 0 Å². The fourth-order valence-electron chi connectivity index (χ4n) is 1.81. The molecule has 1 aromatic carbocycles. The predicted molar refractivity (Wildman–Crippen MR) is 79.9 cm³/mol. The van der Waals surface area contributed by atoms with Gasteiger partial charge in [0, 0.05) is 6.20 Å². The number of nitrogens with zero attached hydrogens (tertiary/aromatic N) is 1. The van der Waals surface area contributed by atoms with Gasteiger partial charge in [0.05, 0.1) is 0 Å². The highest BCUT2D eigenvalue weighted by atomic mass is 35.5. The van der Waals surface area contributed by atoms with E-state index in [0.717, 1.165) is 16.7 Å². The largest absolute Gasteiger partial charge is 0.292 e. The van der Waals surface area contributed by atoms with Crippen LogP contribution < -0.4 is 0 Å². The van der Waals surface area contributed by atoms with Crippen molar-refractivity contribution in [3.63, 3.8) is 0 Å². The topological polar surface area (TPSA) is 53.4 Å². The van der Waals surface area contributed by atoms with Gasteiger partial charge in [0.15, 0.2) is 4.71 Å². The Balaban J connectivity index is 2.43. The zero-order chi connectivity index (χ0) is 14.0.